The molecule has 1 saturated heterocycles. The highest BCUT2D eigenvalue weighted by atomic mass is 16.1. The Labute approximate surface area is 153 Å². The van der Waals surface area contributed by atoms with E-state index in [1.54, 1.807) is 4.68 Å². The molecule has 0 bridgehead atoms. The molecule has 4 rings (SSSR count). The van der Waals surface area contributed by atoms with E-state index in [1.165, 1.54) is 0 Å². The molecule has 0 atom stereocenters. The van der Waals surface area contributed by atoms with E-state index in [-0.39, 0.29) is 5.56 Å². The molecule has 3 aromatic rings. The van der Waals surface area contributed by atoms with Gasteiger partial charge in [0.2, 0.25) is 0 Å². The molecule has 5 heteroatoms. The predicted molar refractivity (Wildman–Crippen MR) is 105 cm³/mol. The van der Waals surface area contributed by atoms with E-state index >= 15 is 0 Å². The highest BCUT2D eigenvalue weighted by molar-refractivity contribution is 5.93. The van der Waals surface area contributed by atoms with E-state index < -0.39 is 0 Å². The molecule has 134 valence electrons. The quantitative estimate of drug-likeness (QED) is 0.726. The molecule has 0 N–H and O–H groups in total. The molecule has 0 spiro atoms. The second-order valence-electron chi connectivity index (χ2n) is 6.93. The Balaban J connectivity index is 1.69. The van der Waals surface area contributed by atoms with Crippen molar-refractivity contribution in [2.45, 2.75) is 6.54 Å². The van der Waals surface area contributed by atoms with Crippen molar-refractivity contribution in [2.75, 3.05) is 39.8 Å². The minimum Gasteiger partial charge on any atom is -0.304 e. The Morgan fingerprint density at radius 3 is 2.23 bits per heavy atom. The van der Waals surface area contributed by atoms with Gasteiger partial charge in [0, 0.05) is 43.7 Å². The lowest BCUT2D eigenvalue weighted by Gasteiger charge is -2.32. The van der Waals surface area contributed by atoms with Gasteiger partial charge in [-0.25, -0.2) is 4.68 Å². The third-order valence-corrected chi connectivity index (χ3v) is 5.14. The molecule has 2 heterocycles. The van der Waals surface area contributed by atoms with Crippen LogP contribution in [0.15, 0.2) is 59.4 Å². The molecule has 1 aliphatic heterocycles. The van der Waals surface area contributed by atoms with Crippen LogP contribution < -0.4 is 5.56 Å². The maximum absolute atomic E-state index is 12.9. The van der Waals surface area contributed by atoms with Crippen molar-refractivity contribution < 1.29 is 0 Å². The Morgan fingerprint density at radius 2 is 1.50 bits per heavy atom. The normalized spacial score (nSPS) is 16.2. The van der Waals surface area contributed by atoms with Gasteiger partial charge in [-0.2, -0.15) is 5.10 Å². The summed E-state index contributed by atoms with van der Waals surface area (Å²) < 4.78 is 1.64. The Morgan fingerprint density at radius 1 is 0.846 bits per heavy atom. The molecule has 0 saturated carbocycles. The fraction of sp³-hybridized carbons (Fsp3) is 0.333. The van der Waals surface area contributed by atoms with Crippen molar-refractivity contribution in [3.63, 3.8) is 0 Å². The molecule has 1 aromatic heterocycles. The molecule has 26 heavy (non-hydrogen) atoms. The average Bonchev–Trinajstić information content (AvgIpc) is 2.69. The zero-order chi connectivity index (χ0) is 17.9. The lowest BCUT2D eigenvalue weighted by atomic mass is 10.1. The van der Waals surface area contributed by atoms with Crippen molar-refractivity contribution in [1.82, 2.24) is 19.6 Å². The molecule has 2 aromatic carbocycles. The SMILES string of the molecule is CN1CCN(CCn2nc(-c3ccccc3)c3ccccc3c2=O)CC1. The first-order chi connectivity index (χ1) is 12.7. The van der Waals surface area contributed by atoms with Crippen LogP contribution in [-0.2, 0) is 6.54 Å². The molecular formula is C21H24N4O. The van der Waals surface area contributed by atoms with Crippen molar-refractivity contribution in [3.8, 4) is 11.3 Å². The largest absolute Gasteiger partial charge is 0.304 e. The van der Waals surface area contributed by atoms with Gasteiger partial charge >= 0.3 is 0 Å². The highest BCUT2D eigenvalue weighted by Crippen LogP contribution is 2.24. The zero-order valence-corrected chi connectivity index (χ0v) is 15.1. The Bertz CT molecular complexity index is 943. The number of rotatable bonds is 4. The predicted octanol–water partition coefficient (Wildman–Crippen LogP) is 2.31. The topological polar surface area (TPSA) is 41.4 Å². The number of aromatic nitrogens is 2. The van der Waals surface area contributed by atoms with Crippen molar-refractivity contribution in [2.24, 2.45) is 0 Å². The van der Waals surface area contributed by atoms with Crippen LogP contribution in [0.25, 0.3) is 22.0 Å². The lowest BCUT2D eigenvalue weighted by molar-refractivity contribution is 0.148. The average molecular weight is 348 g/mol. The van der Waals surface area contributed by atoms with E-state index in [0.29, 0.717) is 6.54 Å². The van der Waals surface area contributed by atoms with Crippen LogP contribution in [0.4, 0.5) is 0 Å². The molecule has 1 aliphatic rings. The van der Waals surface area contributed by atoms with E-state index in [4.69, 9.17) is 5.10 Å². The fourth-order valence-corrected chi connectivity index (χ4v) is 3.50. The minimum absolute atomic E-state index is 0.00518. The summed E-state index contributed by atoms with van der Waals surface area (Å²) in [4.78, 5) is 17.7. The van der Waals surface area contributed by atoms with Gasteiger partial charge in [-0.1, -0.05) is 48.5 Å². The van der Waals surface area contributed by atoms with Crippen LogP contribution in [0.2, 0.25) is 0 Å². The Hall–Kier alpha value is -2.50. The molecule has 1 fully saturated rings. The third kappa shape index (κ3) is 3.41. The zero-order valence-electron chi connectivity index (χ0n) is 15.1. The van der Waals surface area contributed by atoms with E-state index in [1.807, 2.05) is 54.6 Å². The number of nitrogens with zero attached hydrogens (tertiary/aromatic N) is 4. The third-order valence-electron chi connectivity index (χ3n) is 5.14. The first kappa shape index (κ1) is 16.9. The number of fused-ring (bicyclic) bond motifs is 1. The van der Waals surface area contributed by atoms with Crippen LogP contribution in [0.5, 0.6) is 0 Å². The van der Waals surface area contributed by atoms with Crippen LogP contribution in [0.1, 0.15) is 0 Å². The van der Waals surface area contributed by atoms with Crippen LogP contribution in [-0.4, -0.2) is 59.4 Å². The van der Waals surface area contributed by atoms with Crippen LogP contribution in [0.3, 0.4) is 0 Å². The first-order valence-electron chi connectivity index (χ1n) is 9.18. The fourth-order valence-electron chi connectivity index (χ4n) is 3.50. The molecule has 0 aliphatic carbocycles. The maximum Gasteiger partial charge on any atom is 0.274 e. The number of piperazine rings is 1. The second kappa shape index (κ2) is 7.40. The second-order valence-corrected chi connectivity index (χ2v) is 6.93. The van der Waals surface area contributed by atoms with Gasteiger partial charge < -0.3 is 4.90 Å². The summed E-state index contributed by atoms with van der Waals surface area (Å²) in [5.41, 5.74) is 1.91. The molecule has 0 radical (unpaired) electrons. The number of likely N-dealkylation sites (N-methyl/N-ethyl adjacent to an activating group) is 1. The summed E-state index contributed by atoms with van der Waals surface area (Å²) >= 11 is 0. The first-order valence-corrected chi connectivity index (χ1v) is 9.18. The summed E-state index contributed by atoms with van der Waals surface area (Å²) in [5, 5.41) is 6.39. The van der Waals surface area contributed by atoms with E-state index in [9.17, 15) is 4.79 Å². The van der Waals surface area contributed by atoms with Gasteiger partial charge in [0.25, 0.3) is 5.56 Å². The molecule has 0 amide bonds. The van der Waals surface area contributed by atoms with E-state index in [0.717, 1.165) is 54.8 Å². The number of hydrogen-bond acceptors (Lipinski definition) is 4. The van der Waals surface area contributed by atoms with Gasteiger partial charge in [0.1, 0.15) is 0 Å². The van der Waals surface area contributed by atoms with Gasteiger partial charge in [0.15, 0.2) is 0 Å². The minimum atomic E-state index is -0.00518. The highest BCUT2D eigenvalue weighted by Gasteiger charge is 2.15. The van der Waals surface area contributed by atoms with Gasteiger partial charge in [-0.3, -0.25) is 9.69 Å². The smallest absolute Gasteiger partial charge is 0.274 e. The summed E-state index contributed by atoms with van der Waals surface area (Å²) in [6.07, 6.45) is 0. The van der Waals surface area contributed by atoms with Crippen molar-refractivity contribution in [1.29, 1.82) is 0 Å². The van der Waals surface area contributed by atoms with Crippen LogP contribution in [0, 0.1) is 0 Å². The summed E-state index contributed by atoms with van der Waals surface area (Å²) in [5.74, 6) is 0. The lowest BCUT2D eigenvalue weighted by Crippen LogP contribution is -2.46. The molecule has 5 nitrogen and oxygen atoms in total. The van der Waals surface area contributed by atoms with Crippen molar-refractivity contribution >= 4 is 10.8 Å². The summed E-state index contributed by atoms with van der Waals surface area (Å²) in [7, 11) is 2.15. The summed E-state index contributed by atoms with van der Waals surface area (Å²) in [6.45, 7) is 5.72. The van der Waals surface area contributed by atoms with Crippen LogP contribution >= 0.6 is 0 Å². The monoisotopic (exact) mass is 348 g/mol. The van der Waals surface area contributed by atoms with Gasteiger partial charge in [-0.05, 0) is 13.1 Å². The van der Waals surface area contributed by atoms with E-state index in [2.05, 4.69) is 16.8 Å². The number of benzene rings is 2. The van der Waals surface area contributed by atoms with Gasteiger partial charge in [0.05, 0.1) is 17.6 Å². The number of hydrogen-bond donors (Lipinski definition) is 0. The molecular weight excluding hydrogens is 324 g/mol. The standard InChI is InChI=1S/C21H24N4O/c1-23-11-13-24(14-12-23)15-16-25-21(26)19-10-6-5-9-18(19)20(22-25)17-7-3-2-4-8-17/h2-10H,11-16H2,1H3. The van der Waals surface area contributed by atoms with Crippen molar-refractivity contribution in [3.05, 3.63) is 65.0 Å². The van der Waals surface area contributed by atoms with Gasteiger partial charge in [-0.15, -0.1) is 0 Å². The summed E-state index contributed by atoms with van der Waals surface area (Å²) in [6, 6.07) is 17.9. The maximum atomic E-state index is 12.9. The molecule has 0 unspecified atom stereocenters. The Kier molecular flexibility index (Phi) is 4.82.